The van der Waals surface area contributed by atoms with Gasteiger partial charge in [-0.1, -0.05) is 48.5 Å². The predicted octanol–water partition coefficient (Wildman–Crippen LogP) is 1.93. The minimum atomic E-state index is -3.02. The number of rotatable bonds is 8. The van der Waals surface area contributed by atoms with Crippen LogP contribution in [0.25, 0.3) is 0 Å². The summed E-state index contributed by atoms with van der Waals surface area (Å²) in [6.07, 6.45) is 1.25. The molecule has 1 fully saturated rings. The topological polar surface area (TPSA) is 83.0 Å². The van der Waals surface area contributed by atoms with Gasteiger partial charge in [0.15, 0.2) is 15.8 Å². The Morgan fingerprint density at radius 2 is 1.58 bits per heavy atom. The Morgan fingerprint density at radius 3 is 2.23 bits per heavy atom. The second-order valence-corrected chi connectivity index (χ2v) is 9.96. The highest BCUT2D eigenvalue weighted by atomic mass is 32.2. The highest BCUT2D eigenvalue weighted by molar-refractivity contribution is 7.89. The lowest BCUT2D eigenvalue weighted by Gasteiger charge is -2.27. The van der Waals surface area contributed by atoms with Gasteiger partial charge in [-0.3, -0.25) is 9.89 Å². The number of morpholine rings is 1. The van der Waals surface area contributed by atoms with Gasteiger partial charge in [-0.05, 0) is 22.3 Å². The molecule has 3 rings (SSSR count). The van der Waals surface area contributed by atoms with E-state index in [4.69, 9.17) is 4.74 Å². The lowest BCUT2D eigenvalue weighted by Crippen LogP contribution is -2.37. The van der Waals surface area contributed by atoms with E-state index < -0.39 is 9.84 Å². The fraction of sp³-hybridized carbons (Fsp3) is 0.435. The molecule has 168 valence electrons. The van der Waals surface area contributed by atoms with Crippen molar-refractivity contribution >= 4 is 15.8 Å². The average Bonchev–Trinajstić information content (AvgIpc) is 2.75. The molecule has 1 heterocycles. The summed E-state index contributed by atoms with van der Waals surface area (Å²) in [5.41, 5.74) is 4.43. The number of nitrogens with one attached hydrogen (secondary N) is 2. The zero-order valence-electron chi connectivity index (χ0n) is 18.3. The van der Waals surface area contributed by atoms with Gasteiger partial charge in [-0.15, -0.1) is 0 Å². The first kappa shape index (κ1) is 23.2. The van der Waals surface area contributed by atoms with Crippen LogP contribution >= 0.6 is 0 Å². The maximum absolute atomic E-state index is 11.4. The highest BCUT2D eigenvalue weighted by Gasteiger charge is 2.13. The largest absolute Gasteiger partial charge is 0.379 e. The summed E-state index contributed by atoms with van der Waals surface area (Å²) in [4.78, 5) is 6.74. The molecule has 0 saturated carbocycles. The summed E-state index contributed by atoms with van der Waals surface area (Å²) in [7, 11) is -1.27. The summed E-state index contributed by atoms with van der Waals surface area (Å²) in [6, 6.07) is 16.1. The number of sulfone groups is 1. The molecule has 0 atom stereocenters. The molecule has 0 bridgehead atoms. The van der Waals surface area contributed by atoms with E-state index in [0.29, 0.717) is 13.1 Å². The van der Waals surface area contributed by atoms with Gasteiger partial charge in [0.25, 0.3) is 0 Å². The number of aliphatic imine (C=N–C) groups is 1. The predicted molar refractivity (Wildman–Crippen MR) is 125 cm³/mol. The van der Waals surface area contributed by atoms with E-state index in [0.717, 1.165) is 49.9 Å². The van der Waals surface area contributed by atoms with Crippen LogP contribution in [0.2, 0.25) is 0 Å². The Bertz CT molecular complexity index is 969. The quantitative estimate of drug-likeness (QED) is 0.478. The van der Waals surface area contributed by atoms with Crippen LogP contribution in [0.15, 0.2) is 53.5 Å². The molecular formula is C23H32N4O3S. The highest BCUT2D eigenvalue weighted by Crippen LogP contribution is 2.13. The van der Waals surface area contributed by atoms with Gasteiger partial charge in [0.2, 0.25) is 0 Å². The minimum Gasteiger partial charge on any atom is -0.379 e. The van der Waals surface area contributed by atoms with Crippen molar-refractivity contribution in [3.05, 3.63) is 70.8 Å². The summed E-state index contributed by atoms with van der Waals surface area (Å²) in [5, 5.41) is 6.71. The zero-order valence-corrected chi connectivity index (χ0v) is 19.1. The van der Waals surface area contributed by atoms with Crippen LogP contribution < -0.4 is 10.6 Å². The molecule has 0 unspecified atom stereocenters. The zero-order chi connectivity index (χ0) is 22.1. The van der Waals surface area contributed by atoms with Crippen molar-refractivity contribution in [3.63, 3.8) is 0 Å². The number of hydrogen-bond donors (Lipinski definition) is 2. The van der Waals surface area contributed by atoms with Gasteiger partial charge >= 0.3 is 0 Å². The summed E-state index contributed by atoms with van der Waals surface area (Å²) in [6.45, 7) is 5.75. The Kier molecular flexibility index (Phi) is 8.45. The van der Waals surface area contributed by atoms with Gasteiger partial charge in [0, 0.05) is 46.0 Å². The monoisotopic (exact) mass is 444 g/mol. The molecule has 0 amide bonds. The Morgan fingerprint density at radius 1 is 0.968 bits per heavy atom. The molecule has 1 saturated heterocycles. The first-order valence-corrected chi connectivity index (χ1v) is 12.6. The van der Waals surface area contributed by atoms with E-state index in [2.05, 4.69) is 44.8 Å². The fourth-order valence-electron chi connectivity index (χ4n) is 3.53. The molecule has 31 heavy (non-hydrogen) atoms. The van der Waals surface area contributed by atoms with Gasteiger partial charge in [0.1, 0.15) is 0 Å². The normalized spacial score (nSPS) is 15.6. The van der Waals surface area contributed by atoms with Crippen molar-refractivity contribution in [3.8, 4) is 0 Å². The summed E-state index contributed by atoms with van der Waals surface area (Å²) < 4.78 is 28.3. The molecule has 0 aliphatic carbocycles. The third-order valence-electron chi connectivity index (χ3n) is 5.20. The first-order valence-electron chi connectivity index (χ1n) is 10.5. The van der Waals surface area contributed by atoms with Crippen LogP contribution in [0.5, 0.6) is 0 Å². The van der Waals surface area contributed by atoms with Crippen LogP contribution in [-0.4, -0.2) is 58.9 Å². The van der Waals surface area contributed by atoms with Crippen LogP contribution in [-0.2, 0) is 40.0 Å². The van der Waals surface area contributed by atoms with Crippen LogP contribution in [0.3, 0.4) is 0 Å². The van der Waals surface area contributed by atoms with E-state index in [-0.39, 0.29) is 5.75 Å². The molecule has 1 aliphatic heterocycles. The Hall–Kier alpha value is -2.42. The SMILES string of the molecule is CN=C(NCc1ccc(CS(C)(=O)=O)cc1)NCc1ccccc1CN1CCOCC1. The van der Waals surface area contributed by atoms with E-state index in [1.165, 1.54) is 17.4 Å². The molecule has 2 aromatic rings. The molecular weight excluding hydrogens is 412 g/mol. The number of nitrogens with zero attached hydrogens (tertiary/aromatic N) is 2. The van der Waals surface area contributed by atoms with Gasteiger partial charge in [-0.2, -0.15) is 0 Å². The van der Waals surface area contributed by atoms with Crippen LogP contribution in [0, 0.1) is 0 Å². The molecule has 8 heteroatoms. The lowest BCUT2D eigenvalue weighted by molar-refractivity contribution is 0.0341. The standard InChI is InChI=1S/C23H32N4O3S/c1-24-23(25-15-19-7-9-20(10-8-19)18-31(2,28)29)26-16-21-5-3-4-6-22(21)17-27-11-13-30-14-12-27/h3-10H,11-18H2,1-2H3,(H2,24,25,26). The smallest absolute Gasteiger partial charge is 0.191 e. The number of ether oxygens (including phenoxy) is 1. The van der Waals surface area contributed by atoms with Gasteiger partial charge < -0.3 is 15.4 Å². The minimum absolute atomic E-state index is 0.0633. The lowest BCUT2D eigenvalue weighted by atomic mass is 10.1. The van der Waals surface area contributed by atoms with E-state index in [9.17, 15) is 8.42 Å². The molecule has 0 radical (unpaired) electrons. The van der Waals surface area contributed by atoms with Crippen molar-refractivity contribution < 1.29 is 13.2 Å². The molecule has 2 aromatic carbocycles. The summed E-state index contributed by atoms with van der Waals surface area (Å²) in [5.74, 6) is 0.787. The Balaban J connectivity index is 1.52. The molecule has 0 spiro atoms. The maximum atomic E-state index is 11.4. The first-order chi connectivity index (χ1) is 14.9. The fourth-order valence-corrected chi connectivity index (χ4v) is 4.32. The average molecular weight is 445 g/mol. The van der Waals surface area contributed by atoms with Crippen molar-refractivity contribution in [2.45, 2.75) is 25.4 Å². The third-order valence-corrected chi connectivity index (χ3v) is 6.06. The second kappa shape index (κ2) is 11.3. The molecule has 0 aromatic heterocycles. The second-order valence-electron chi connectivity index (χ2n) is 7.82. The van der Waals surface area contributed by atoms with Gasteiger partial charge in [0.05, 0.1) is 19.0 Å². The number of benzene rings is 2. The number of guanidine groups is 1. The molecule has 1 aliphatic rings. The van der Waals surface area contributed by atoms with Crippen molar-refractivity contribution in [2.24, 2.45) is 4.99 Å². The van der Waals surface area contributed by atoms with E-state index in [1.54, 1.807) is 7.05 Å². The Labute approximate surface area is 185 Å². The molecule has 7 nitrogen and oxygen atoms in total. The van der Waals surface area contributed by atoms with Gasteiger partial charge in [-0.25, -0.2) is 8.42 Å². The van der Waals surface area contributed by atoms with Crippen molar-refractivity contribution in [2.75, 3.05) is 39.6 Å². The summed E-state index contributed by atoms with van der Waals surface area (Å²) >= 11 is 0. The van der Waals surface area contributed by atoms with Crippen molar-refractivity contribution in [1.82, 2.24) is 15.5 Å². The van der Waals surface area contributed by atoms with Crippen LogP contribution in [0.1, 0.15) is 22.3 Å². The third kappa shape index (κ3) is 7.97. The van der Waals surface area contributed by atoms with Crippen molar-refractivity contribution in [1.29, 1.82) is 0 Å². The maximum Gasteiger partial charge on any atom is 0.191 e. The molecule has 2 N–H and O–H groups in total. The van der Waals surface area contributed by atoms with E-state index >= 15 is 0 Å². The van der Waals surface area contributed by atoms with Crippen LogP contribution in [0.4, 0.5) is 0 Å². The number of hydrogen-bond acceptors (Lipinski definition) is 5. The van der Waals surface area contributed by atoms with E-state index in [1.807, 2.05) is 24.3 Å².